The number of ether oxygens (including phenoxy) is 2. The second kappa shape index (κ2) is 10.5. The van der Waals surface area contributed by atoms with Gasteiger partial charge in [0.15, 0.2) is 0 Å². The molecule has 2 N–H and O–H groups in total. The third kappa shape index (κ3) is 5.72. The summed E-state index contributed by atoms with van der Waals surface area (Å²) in [5, 5.41) is 23.4. The summed E-state index contributed by atoms with van der Waals surface area (Å²) in [4.78, 5) is 12.2. The average molecular weight is 468 g/mol. The highest BCUT2D eigenvalue weighted by molar-refractivity contribution is 6.01. The van der Waals surface area contributed by atoms with Crippen molar-refractivity contribution < 1.29 is 24.6 Å². The predicted octanol–water partition coefficient (Wildman–Crippen LogP) is 6.35. The maximum atomic E-state index is 12.2. The number of oxime groups is 1. The maximum Gasteiger partial charge on any atom is 0.341 e. The van der Waals surface area contributed by atoms with E-state index < -0.39 is 5.97 Å². The molecule has 0 saturated heterocycles. The molecule has 6 nitrogen and oxygen atoms in total. The van der Waals surface area contributed by atoms with Crippen molar-refractivity contribution in [3.05, 3.63) is 58.7 Å². The number of carbonyl (C=O) groups excluding carboxylic acids is 1. The van der Waals surface area contributed by atoms with E-state index in [0.717, 1.165) is 37.7 Å². The summed E-state index contributed by atoms with van der Waals surface area (Å²) in [5.41, 5.74) is 4.01. The zero-order valence-corrected chi connectivity index (χ0v) is 21.0. The van der Waals surface area contributed by atoms with Crippen molar-refractivity contribution in [1.29, 1.82) is 0 Å². The molecule has 1 aliphatic rings. The molecule has 34 heavy (non-hydrogen) atoms. The molecular formula is C28H37NO5. The first-order valence-corrected chi connectivity index (χ1v) is 12.1. The molecular weight excluding hydrogens is 430 g/mol. The summed E-state index contributed by atoms with van der Waals surface area (Å²) in [7, 11) is 0. The highest BCUT2D eigenvalue weighted by atomic mass is 16.5. The van der Waals surface area contributed by atoms with Crippen LogP contribution in [-0.2, 0) is 15.6 Å². The Morgan fingerprint density at radius 3 is 2.35 bits per heavy atom. The lowest BCUT2D eigenvalue weighted by atomic mass is 9.63. The number of hydrogen-bond donors (Lipinski definition) is 2. The zero-order chi connectivity index (χ0) is 24.9. The highest BCUT2D eigenvalue weighted by Crippen LogP contribution is 2.46. The number of fused-ring (bicyclic) bond motifs is 1. The van der Waals surface area contributed by atoms with Crippen molar-refractivity contribution in [2.24, 2.45) is 5.16 Å². The number of hydrogen-bond acceptors (Lipinski definition) is 6. The van der Waals surface area contributed by atoms with Gasteiger partial charge in [-0.25, -0.2) is 4.79 Å². The van der Waals surface area contributed by atoms with Gasteiger partial charge in [-0.3, -0.25) is 0 Å². The highest BCUT2D eigenvalue weighted by Gasteiger charge is 2.37. The third-order valence-corrected chi connectivity index (χ3v) is 6.85. The SMILES string of the molecule is CCCCCOC(=O)c1ccc(OCC(=NO)c2ccc3c(c2)C(C)(C)CCC3(C)C)cc1O. The van der Waals surface area contributed by atoms with E-state index in [1.807, 2.05) is 6.07 Å². The fourth-order valence-corrected chi connectivity index (χ4v) is 4.46. The first-order chi connectivity index (χ1) is 16.1. The van der Waals surface area contributed by atoms with Crippen LogP contribution in [0.15, 0.2) is 41.6 Å². The number of phenols is 1. The summed E-state index contributed by atoms with van der Waals surface area (Å²) >= 11 is 0. The molecule has 6 heteroatoms. The molecule has 2 aromatic carbocycles. The van der Waals surface area contributed by atoms with Crippen LogP contribution in [0.5, 0.6) is 11.5 Å². The molecule has 0 fully saturated rings. The molecule has 0 aromatic heterocycles. The molecule has 0 spiro atoms. The number of esters is 1. The summed E-state index contributed by atoms with van der Waals surface area (Å²) in [5.74, 6) is -0.406. The van der Waals surface area contributed by atoms with Crippen molar-refractivity contribution in [2.75, 3.05) is 13.2 Å². The Kier molecular flexibility index (Phi) is 7.90. The fourth-order valence-electron chi connectivity index (χ4n) is 4.46. The van der Waals surface area contributed by atoms with Crippen molar-refractivity contribution in [3.63, 3.8) is 0 Å². The lowest BCUT2D eigenvalue weighted by Gasteiger charge is -2.42. The molecule has 0 unspecified atom stereocenters. The molecule has 0 bridgehead atoms. The molecule has 0 radical (unpaired) electrons. The number of nitrogens with zero attached hydrogens (tertiary/aromatic N) is 1. The number of unbranched alkanes of at least 4 members (excludes halogenated alkanes) is 2. The molecule has 0 amide bonds. The van der Waals surface area contributed by atoms with E-state index in [0.29, 0.717) is 18.1 Å². The largest absolute Gasteiger partial charge is 0.507 e. The molecule has 1 aliphatic carbocycles. The van der Waals surface area contributed by atoms with Gasteiger partial charge >= 0.3 is 5.97 Å². The van der Waals surface area contributed by atoms with Crippen LogP contribution in [-0.4, -0.2) is 35.2 Å². The third-order valence-electron chi connectivity index (χ3n) is 6.85. The van der Waals surface area contributed by atoms with Crippen LogP contribution in [0, 0.1) is 0 Å². The topological polar surface area (TPSA) is 88.4 Å². The summed E-state index contributed by atoms with van der Waals surface area (Å²) < 4.78 is 11.0. The van der Waals surface area contributed by atoms with Gasteiger partial charge in [0.1, 0.15) is 29.4 Å². The van der Waals surface area contributed by atoms with E-state index in [1.165, 1.54) is 23.3 Å². The summed E-state index contributed by atoms with van der Waals surface area (Å²) in [6.45, 7) is 11.4. The minimum absolute atomic E-state index is 0.0133. The van der Waals surface area contributed by atoms with Gasteiger partial charge in [0, 0.05) is 11.6 Å². The van der Waals surface area contributed by atoms with E-state index in [9.17, 15) is 15.1 Å². The van der Waals surface area contributed by atoms with Crippen molar-refractivity contribution >= 4 is 11.7 Å². The van der Waals surface area contributed by atoms with Gasteiger partial charge in [-0.2, -0.15) is 0 Å². The lowest BCUT2D eigenvalue weighted by molar-refractivity contribution is 0.0495. The molecule has 0 atom stereocenters. The smallest absolute Gasteiger partial charge is 0.341 e. The first-order valence-electron chi connectivity index (χ1n) is 12.1. The molecule has 3 rings (SSSR count). The van der Waals surface area contributed by atoms with Crippen LogP contribution in [0.1, 0.15) is 93.8 Å². The molecule has 0 aliphatic heterocycles. The average Bonchev–Trinajstić information content (AvgIpc) is 2.80. The number of carbonyl (C=O) groups is 1. The quantitative estimate of drug-likeness (QED) is 0.148. The monoisotopic (exact) mass is 467 g/mol. The minimum Gasteiger partial charge on any atom is -0.507 e. The van der Waals surface area contributed by atoms with E-state index in [4.69, 9.17) is 9.47 Å². The van der Waals surface area contributed by atoms with Crippen LogP contribution in [0.4, 0.5) is 0 Å². The van der Waals surface area contributed by atoms with Gasteiger partial charge < -0.3 is 19.8 Å². The second-order valence-electron chi connectivity index (χ2n) is 10.4. The van der Waals surface area contributed by atoms with E-state index >= 15 is 0 Å². The van der Waals surface area contributed by atoms with Crippen LogP contribution in [0.25, 0.3) is 0 Å². The Bertz CT molecular complexity index is 1050. The van der Waals surface area contributed by atoms with Crippen molar-refractivity contribution in [3.8, 4) is 11.5 Å². The number of benzene rings is 2. The van der Waals surface area contributed by atoms with Crippen LogP contribution < -0.4 is 4.74 Å². The zero-order valence-electron chi connectivity index (χ0n) is 21.0. The van der Waals surface area contributed by atoms with E-state index in [-0.39, 0.29) is 28.7 Å². The Morgan fingerprint density at radius 1 is 1.00 bits per heavy atom. The molecule has 0 saturated carbocycles. The van der Waals surface area contributed by atoms with Gasteiger partial charge in [-0.15, -0.1) is 0 Å². The normalized spacial score (nSPS) is 16.6. The fraction of sp³-hybridized carbons (Fsp3) is 0.500. The van der Waals surface area contributed by atoms with Crippen LogP contribution >= 0.6 is 0 Å². The van der Waals surface area contributed by atoms with Gasteiger partial charge in [-0.05, 0) is 59.4 Å². The number of aromatic hydroxyl groups is 1. The minimum atomic E-state index is -0.558. The second-order valence-corrected chi connectivity index (χ2v) is 10.4. The van der Waals surface area contributed by atoms with Crippen molar-refractivity contribution in [1.82, 2.24) is 0 Å². The van der Waals surface area contributed by atoms with Crippen molar-refractivity contribution in [2.45, 2.75) is 77.6 Å². The van der Waals surface area contributed by atoms with Gasteiger partial charge in [-0.1, -0.05) is 64.7 Å². The maximum absolute atomic E-state index is 12.2. The standard InChI is InChI=1S/C28H37NO5/c1-6-7-8-15-33-26(31)21-11-10-20(17-25(21)30)34-18-24(29-32)19-9-12-22-23(16-19)28(4,5)14-13-27(22,2)3/h9-12,16-17,30,32H,6-8,13-15,18H2,1-5H3. The lowest BCUT2D eigenvalue weighted by Crippen LogP contribution is -2.34. The van der Waals surface area contributed by atoms with E-state index in [2.05, 4.69) is 51.9 Å². The first kappa shape index (κ1) is 25.6. The Balaban J connectivity index is 1.70. The van der Waals surface area contributed by atoms with Gasteiger partial charge in [0.25, 0.3) is 0 Å². The number of rotatable bonds is 9. The van der Waals surface area contributed by atoms with E-state index in [1.54, 1.807) is 6.07 Å². The summed E-state index contributed by atoms with van der Waals surface area (Å²) in [6, 6.07) is 10.6. The Morgan fingerprint density at radius 2 is 1.71 bits per heavy atom. The predicted molar refractivity (Wildman–Crippen MR) is 133 cm³/mol. The van der Waals surface area contributed by atoms with Gasteiger partial charge in [0.2, 0.25) is 0 Å². The molecule has 0 heterocycles. The van der Waals surface area contributed by atoms with Crippen LogP contribution in [0.2, 0.25) is 0 Å². The Labute approximate surface area is 202 Å². The molecule has 184 valence electrons. The van der Waals surface area contributed by atoms with Gasteiger partial charge in [0.05, 0.1) is 6.61 Å². The summed E-state index contributed by atoms with van der Waals surface area (Å²) in [6.07, 6.45) is 5.04. The van der Waals surface area contributed by atoms with Crippen LogP contribution in [0.3, 0.4) is 0 Å². The molecule has 2 aromatic rings. The number of phenolic OH excluding ortho intramolecular Hbond substituents is 1. The Hall–Kier alpha value is -3.02.